The molecule has 4 nitrogen and oxygen atoms in total. The van der Waals surface area contributed by atoms with Crippen LogP contribution in [0.5, 0.6) is 5.75 Å². The molecule has 45 heavy (non-hydrogen) atoms. The van der Waals surface area contributed by atoms with Crippen molar-refractivity contribution in [3.63, 3.8) is 0 Å². The minimum atomic E-state index is -4.25. The average molecular weight is 624 g/mol. The van der Waals surface area contributed by atoms with Crippen molar-refractivity contribution in [1.82, 2.24) is 5.32 Å². The predicted octanol–water partition coefficient (Wildman–Crippen LogP) is 10.1. The number of nitrogens with one attached hydrogen (secondary N) is 1. The Bertz CT molecular complexity index is 1750. The van der Waals surface area contributed by atoms with E-state index in [4.69, 9.17) is 5.26 Å². The molecule has 1 heterocycles. The molecule has 0 aliphatic carbocycles. The molecule has 0 bridgehead atoms. The molecule has 1 unspecified atom stereocenters. The van der Waals surface area contributed by atoms with Gasteiger partial charge in [0.2, 0.25) is 0 Å². The summed E-state index contributed by atoms with van der Waals surface area (Å²) >= 11 is 0. The van der Waals surface area contributed by atoms with Gasteiger partial charge in [-0.25, -0.2) is 17.6 Å². The van der Waals surface area contributed by atoms with Crippen LogP contribution in [0.2, 0.25) is 0 Å². The Kier molecular flexibility index (Phi) is 11.6. The summed E-state index contributed by atoms with van der Waals surface area (Å²) in [7, 11) is 0. The number of hydrogen-bond acceptors (Lipinski definition) is 4. The number of benzene rings is 3. The maximum atomic E-state index is 15.3. The smallest absolute Gasteiger partial charge is 0.429 e. The van der Waals surface area contributed by atoms with E-state index in [-0.39, 0.29) is 27.8 Å². The van der Waals surface area contributed by atoms with Crippen LogP contribution in [-0.4, -0.2) is 12.3 Å². The van der Waals surface area contributed by atoms with Gasteiger partial charge in [0.1, 0.15) is 41.3 Å². The SMILES string of the molecule is C/C=C(/C(F)=C\C(=C/C)c1ccc(C2N=CC(C)=CN2)cc1F)C(F)(F)Oc1ccc(-c2ccc(C#N)c(F)c2)c(F)c1.CC. The highest BCUT2D eigenvalue weighted by atomic mass is 19.3. The quantitative estimate of drug-likeness (QED) is 0.201. The van der Waals surface area contributed by atoms with Crippen LogP contribution in [0.4, 0.5) is 26.3 Å². The summed E-state index contributed by atoms with van der Waals surface area (Å²) in [6.07, 6.45) is 1.54. The van der Waals surface area contributed by atoms with Gasteiger partial charge in [-0.1, -0.05) is 44.2 Å². The lowest BCUT2D eigenvalue weighted by molar-refractivity contribution is -0.141. The first-order valence-electron chi connectivity index (χ1n) is 14.0. The maximum Gasteiger partial charge on any atom is 0.429 e. The zero-order valence-corrected chi connectivity index (χ0v) is 25.2. The summed E-state index contributed by atoms with van der Waals surface area (Å²) < 4.78 is 94.1. The third kappa shape index (κ3) is 8.12. The van der Waals surface area contributed by atoms with E-state index in [0.717, 1.165) is 42.0 Å². The number of hydrogen-bond donors (Lipinski definition) is 1. The molecule has 1 aliphatic heterocycles. The molecule has 234 valence electrons. The summed E-state index contributed by atoms with van der Waals surface area (Å²) in [6, 6.07) is 12.1. The average Bonchev–Trinajstić information content (AvgIpc) is 3.01. The van der Waals surface area contributed by atoms with Gasteiger partial charge in [0.15, 0.2) is 0 Å². The number of alkyl halides is 2. The lowest BCUT2D eigenvalue weighted by Crippen LogP contribution is -2.28. The van der Waals surface area contributed by atoms with Crippen LogP contribution in [0.15, 0.2) is 101 Å². The highest BCUT2D eigenvalue weighted by molar-refractivity contribution is 5.79. The summed E-state index contributed by atoms with van der Waals surface area (Å²) in [4.78, 5) is 4.28. The van der Waals surface area contributed by atoms with E-state index in [2.05, 4.69) is 15.0 Å². The molecular weight excluding hydrogens is 592 g/mol. The first-order valence-corrected chi connectivity index (χ1v) is 14.0. The fourth-order valence-corrected chi connectivity index (χ4v) is 4.35. The van der Waals surface area contributed by atoms with Crippen LogP contribution in [0, 0.1) is 28.8 Å². The Morgan fingerprint density at radius 3 is 2.24 bits per heavy atom. The lowest BCUT2D eigenvalue weighted by atomic mass is 10.00. The van der Waals surface area contributed by atoms with E-state index in [1.807, 2.05) is 20.8 Å². The van der Waals surface area contributed by atoms with E-state index in [0.29, 0.717) is 11.6 Å². The molecule has 0 spiro atoms. The van der Waals surface area contributed by atoms with Gasteiger partial charge in [-0.2, -0.15) is 14.0 Å². The maximum absolute atomic E-state index is 15.3. The minimum Gasteiger partial charge on any atom is -0.429 e. The molecule has 0 amide bonds. The van der Waals surface area contributed by atoms with Gasteiger partial charge in [0, 0.05) is 29.6 Å². The van der Waals surface area contributed by atoms with Crippen molar-refractivity contribution in [1.29, 1.82) is 5.26 Å². The molecule has 0 aromatic heterocycles. The zero-order valence-electron chi connectivity index (χ0n) is 25.2. The number of aliphatic imine (C=N–C) groups is 1. The highest BCUT2D eigenvalue weighted by Crippen LogP contribution is 2.37. The van der Waals surface area contributed by atoms with Crippen molar-refractivity contribution in [2.45, 2.75) is 46.9 Å². The number of nitriles is 1. The van der Waals surface area contributed by atoms with E-state index in [1.54, 1.807) is 24.6 Å². The molecule has 10 heteroatoms. The number of ether oxygens (including phenoxy) is 1. The van der Waals surface area contributed by atoms with Gasteiger partial charge in [-0.15, -0.1) is 0 Å². The normalized spacial score (nSPS) is 15.4. The Balaban J connectivity index is 0.00000271. The van der Waals surface area contributed by atoms with Crippen molar-refractivity contribution in [2.24, 2.45) is 4.99 Å². The van der Waals surface area contributed by atoms with E-state index < -0.39 is 46.9 Å². The second-order valence-corrected chi connectivity index (χ2v) is 9.48. The van der Waals surface area contributed by atoms with Crippen LogP contribution in [0.1, 0.15) is 57.5 Å². The molecule has 0 saturated carbocycles. The summed E-state index contributed by atoms with van der Waals surface area (Å²) in [5, 5.41) is 11.9. The van der Waals surface area contributed by atoms with Crippen molar-refractivity contribution >= 4 is 11.8 Å². The van der Waals surface area contributed by atoms with Gasteiger partial charge in [-0.3, -0.25) is 4.99 Å². The van der Waals surface area contributed by atoms with Gasteiger partial charge >= 0.3 is 6.11 Å². The third-order valence-electron chi connectivity index (χ3n) is 6.56. The molecule has 3 aromatic rings. The molecule has 0 radical (unpaired) electrons. The van der Waals surface area contributed by atoms with E-state index in [9.17, 15) is 8.78 Å². The zero-order chi connectivity index (χ0) is 33.3. The Labute approximate surface area is 258 Å². The van der Waals surface area contributed by atoms with Crippen LogP contribution < -0.4 is 10.1 Å². The fourth-order valence-electron chi connectivity index (χ4n) is 4.35. The molecular formula is C35H31F6N3O. The summed E-state index contributed by atoms with van der Waals surface area (Å²) in [5.41, 5.74) is -0.0697. The van der Waals surface area contributed by atoms with Crippen molar-refractivity contribution in [3.8, 4) is 22.9 Å². The van der Waals surface area contributed by atoms with Gasteiger partial charge in [-0.05, 0) is 79.5 Å². The topological polar surface area (TPSA) is 57.4 Å². The molecule has 0 saturated heterocycles. The molecule has 0 fully saturated rings. The van der Waals surface area contributed by atoms with E-state index >= 15 is 17.6 Å². The number of rotatable bonds is 8. The Hall–Kier alpha value is -5.04. The number of nitrogens with zero attached hydrogens (tertiary/aromatic N) is 2. The molecule has 4 rings (SSSR count). The second-order valence-electron chi connectivity index (χ2n) is 9.48. The highest BCUT2D eigenvalue weighted by Gasteiger charge is 2.39. The number of allylic oxidation sites excluding steroid dienone is 5. The standard InChI is InChI=1S/C33H25F6N3O.C2H6/c1-4-20(25-10-8-22(14-29(25)35)32-41-17-19(3)18-42-32)12-31(37)27(5-2)33(38,39)43-24-9-11-26(30(36)15-24)21-6-7-23(16-40)28(34)13-21;1-2/h4-15,17-18,32,41H,1-3H3;1-2H3/b20-4+,27-5-,31-12+;. The molecule has 3 aromatic carbocycles. The Morgan fingerprint density at radius 1 is 0.956 bits per heavy atom. The first-order chi connectivity index (χ1) is 21.5. The summed E-state index contributed by atoms with van der Waals surface area (Å²) in [5.74, 6) is -4.60. The molecule has 1 atom stereocenters. The summed E-state index contributed by atoms with van der Waals surface area (Å²) in [6.45, 7) is 8.52. The fraction of sp³-hybridized carbons (Fsp3) is 0.200. The Morgan fingerprint density at radius 2 is 1.69 bits per heavy atom. The van der Waals surface area contributed by atoms with E-state index in [1.165, 1.54) is 38.1 Å². The van der Waals surface area contributed by atoms with Crippen molar-refractivity contribution in [2.75, 3.05) is 0 Å². The van der Waals surface area contributed by atoms with Crippen LogP contribution in [0.3, 0.4) is 0 Å². The van der Waals surface area contributed by atoms with Gasteiger partial charge in [0.25, 0.3) is 0 Å². The van der Waals surface area contributed by atoms with Crippen LogP contribution in [0.25, 0.3) is 16.7 Å². The monoisotopic (exact) mass is 623 g/mol. The van der Waals surface area contributed by atoms with Crippen molar-refractivity contribution in [3.05, 3.63) is 130 Å². The van der Waals surface area contributed by atoms with Gasteiger partial charge in [0.05, 0.1) is 11.1 Å². The number of halogens is 6. The largest absolute Gasteiger partial charge is 0.429 e. The van der Waals surface area contributed by atoms with Crippen LogP contribution >= 0.6 is 0 Å². The lowest BCUT2D eigenvalue weighted by Gasteiger charge is -2.21. The van der Waals surface area contributed by atoms with Crippen LogP contribution in [-0.2, 0) is 0 Å². The molecule has 1 N–H and O–H groups in total. The third-order valence-corrected chi connectivity index (χ3v) is 6.56. The van der Waals surface area contributed by atoms with Gasteiger partial charge < -0.3 is 10.1 Å². The first kappa shape index (κ1) is 34.5. The minimum absolute atomic E-state index is 0.00223. The second kappa shape index (κ2) is 15.1. The predicted molar refractivity (Wildman–Crippen MR) is 165 cm³/mol. The van der Waals surface area contributed by atoms with Crippen molar-refractivity contribution < 1.29 is 31.1 Å². The molecule has 1 aliphatic rings.